The van der Waals surface area contributed by atoms with E-state index >= 15 is 0 Å². The molecule has 1 aromatic rings. The van der Waals surface area contributed by atoms with Crippen molar-refractivity contribution in [3.8, 4) is 0 Å². The Bertz CT molecular complexity index is 492. The second-order valence-corrected chi connectivity index (χ2v) is 6.84. The number of nitrogens with zero attached hydrogens (tertiary/aromatic N) is 1. The Hall–Kier alpha value is -1.51. The molecule has 0 aromatic heterocycles. The standard InChI is InChI=1S/C18H28N2O/c1-5-20(12-15-10-11-15)17(21)19-13-18(3,4)16-9-7-6-8-14(16)2/h6-9,15H,5,10-13H2,1-4H3,(H,19,21). The average Bonchev–Trinajstić information content (AvgIpc) is 3.26. The van der Waals surface area contributed by atoms with Crippen LogP contribution in [0.25, 0.3) is 0 Å². The van der Waals surface area contributed by atoms with Gasteiger partial charge in [-0.3, -0.25) is 0 Å². The molecule has 0 spiro atoms. The third-order valence-electron chi connectivity index (χ3n) is 4.40. The Morgan fingerprint density at radius 1 is 1.33 bits per heavy atom. The highest BCUT2D eigenvalue weighted by Gasteiger charge is 2.27. The van der Waals surface area contributed by atoms with Crippen molar-refractivity contribution in [2.24, 2.45) is 5.92 Å². The van der Waals surface area contributed by atoms with Crippen LogP contribution in [0.15, 0.2) is 24.3 Å². The second-order valence-electron chi connectivity index (χ2n) is 6.84. The topological polar surface area (TPSA) is 32.3 Å². The average molecular weight is 288 g/mol. The second kappa shape index (κ2) is 6.50. The zero-order chi connectivity index (χ0) is 15.5. The summed E-state index contributed by atoms with van der Waals surface area (Å²) in [6.07, 6.45) is 2.55. The van der Waals surface area contributed by atoms with Crippen molar-refractivity contribution in [1.29, 1.82) is 0 Å². The summed E-state index contributed by atoms with van der Waals surface area (Å²) < 4.78 is 0. The van der Waals surface area contributed by atoms with E-state index in [1.807, 2.05) is 4.90 Å². The summed E-state index contributed by atoms with van der Waals surface area (Å²) in [6, 6.07) is 8.48. The predicted octanol–water partition coefficient (Wildman–Crippen LogP) is 3.71. The normalized spacial score (nSPS) is 14.9. The molecule has 1 aromatic carbocycles. The Balaban J connectivity index is 1.94. The first-order valence-electron chi connectivity index (χ1n) is 8.03. The van der Waals surface area contributed by atoms with Gasteiger partial charge in [0.1, 0.15) is 0 Å². The fraction of sp³-hybridized carbons (Fsp3) is 0.611. The maximum Gasteiger partial charge on any atom is 0.317 e. The molecule has 116 valence electrons. The largest absolute Gasteiger partial charge is 0.337 e. The molecule has 0 atom stereocenters. The van der Waals surface area contributed by atoms with Crippen molar-refractivity contribution in [1.82, 2.24) is 10.2 Å². The number of aryl methyl sites for hydroxylation is 1. The lowest BCUT2D eigenvalue weighted by Crippen LogP contribution is -2.45. The van der Waals surface area contributed by atoms with E-state index in [1.165, 1.54) is 24.0 Å². The van der Waals surface area contributed by atoms with Crippen LogP contribution in [0.5, 0.6) is 0 Å². The smallest absolute Gasteiger partial charge is 0.317 e. The number of rotatable bonds is 6. The van der Waals surface area contributed by atoms with E-state index in [2.05, 4.69) is 57.3 Å². The number of hydrogen-bond donors (Lipinski definition) is 1. The van der Waals surface area contributed by atoms with Gasteiger partial charge in [0.25, 0.3) is 0 Å². The van der Waals surface area contributed by atoms with Gasteiger partial charge < -0.3 is 10.2 Å². The Morgan fingerprint density at radius 2 is 2.00 bits per heavy atom. The third kappa shape index (κ3) is 4.23. The number of nitrogens with one attached hydrogen (secondary N) is 1. The summed E-state index contributed by atoms with van der Waals surface area (Å²) >= 11 is 0. The van der Waals surface area contributed by atoms with E-state index in [0.29, 0.717) is 6.54 Å². The molecule has 1 N–H and O–H groups in total. The summed E-state index contributed by atoms with van der Waals surface area (Å²) in [5, 5.41) is 3.12. The Morgan fingerprint density at radius 3 is 2.57 bits per heavy atom. The van der Waals surface area contributed by atoms with Gasteiger partial charge in [-0.25, -0.2) is 4.79 Å². The molecular weight excluding hydrogens is 260 g/mol. The van der Waals surface area contributed by atoms with Crippen LogP contribution in [0.2, 0.25) is 0 Å². The molecule has 1 saturated carbocycles. The van der Waals surface area contributed by atoms with Gasteiger partial charge in [-0.05, 0) is 43.7 Å². The zero-order valence-electron chi connectivity index (χ0n) is 13.8. The van der Waals surface area contributed by atoms with Crippen LogP contribution in [0.1, 0.15) is 44.7 Å². The molecule has 0 aliphatic heterocycles. The summed E-state index contributed by atoms with van der Waals surface area (Å²) in [6.45, 7) is 10.9. The molecule has 0 heterocycles. The van der Waals surface area contributed by atoms with Gasteiger partial charge in [-0.2, -0.15) is 0 Å². The number of benzene rings is 1. The third-order valence-corrected chi connectivity index (χ3v) is 4.40. The summed E-state index contributed by atoms with van der Waals surface area (Å²) in [5.41, 5.74) is 2.53. The molecular formula is C18H28N2O. The molecule has 2 amide bonds. The molecule has 1 aliphatic rings. The number of carbonyl (C=O) groups excluding carboxylic acids is 1. The van der Waals surface area contributed by atoms with Crippen molar-refractivity contribution in [2.45, 2.75) is 46.0 Å². The maximum absolute atomic E-state index is 12.3. The number of carbonyl (C=O) groups is 1. The van der Waals surface area contributed by atoms with Crippen molar-refractivity contribution in [3.63, 3.8) is 0 Å². The fourth-order valence-electron chi connectivity index (χ4n) is 2.80. The van der Waals surface area contributed by atoms with E-state index in [9.17, 15) is 4.79 Å². The Labute approximate surface area is 128 Å². The van der Waals surface area contributed by atoms with Gasteiger partial charge in [0.05, 0.1) is 0 Å². The van der Waals surface area contributed by atoms with E-state index in [4.69, 9.17) is 0 Å². The van der Waals surface area contributed by atoms with Crippen molar-refractivity contribution in [3.05, 3.63) is 35.4 Å². The lowest BCUT2D eigenvalue weighted by molar-refractivity contribution is 0.196. The zero-order valence-corrected chi connectivity index (χ0v) is 13.8. The van der Waals surface area contributed by atoms with Crippen molar-refractivity contribution < 1.29 is 4.79 Å². The quantitative estimate of drug-likeness (QED) is 0.850. The molecule has 1 aliphatic carbocycles. The van der Waals surface area contributed by atoms with Gasteiger partial charge in [0.2, 0.25) is 0 Å². The van der Waals surface area contributed by atoms with Crippen LogP contribution in [-0.4, -0.2) is 30.6 Å². The van der Waals surface area contributed by atoms with E-state index in [1.54, 1.807) is 0 Å². The summed E-state index contributed by atoms with van der Waals surface area (Å²) in [7, 11) is 0. The first kappa shape index (κ1) is 15.9. The number of hydrogen-bond acceptors (Lipinski definition) is 1. The van der Waals surface area contributed by atoms with Crippen molar-refractivity contribution in [2.75, 3.05) is 19.6 Å². The van der Waals surface area contributed by atoms with Gasteiger partial charge in [0.15, 0.2) is 0 Å². The van der Waals surface area contributed by atoms with Crippen LogP contribution in [0, 0.1) is 12.8 Å². The highest BCUT2D eigenvalue weighted by molar-refractivity contribution is 5.74. The summed E-state index contributed by atoms with van der Waals surface area (Å²) in [5.74, 6) is 0.736. The molecule has 0 radical (unpaired) electrons. The van der Waals surface area contributed by atoms with Crippen LogP contribution in [0.3, 0.4) is 0 Å². The monoisotopic (exact) mass is 288 g/mol. The van der Waals surface area contributed by atoms with Crippen molar-refractivity contribution >= 4 is 6.03 Å². The highest BCUT2D eigenvalue weighted by atomic mass is 16.2. The minimum Gasteiger partial charge on any atom is -0.337 e. The highest BCUT2D eigenvalue weighted by Crippen LogP contribution is 2.30. The Kier molecular flexibility index (Phi) is 4.92. The van der Waals surface area contributed by atoms with Crippen LogP contribution >= 0.6 is 0 Å². The lowest BCUT2D eigenvalue weighted by Gasteiger charge is -2.29. The first-order chi connectivity index (χ1) is 9.94. The van der Waals surface area contributed by atoms with E-state index in [0.717, 1.165) is 19.0 Å². The predicted molar refractivity (Wildman–Crippen MR) is 87.6 cm³/mol. The SMILES string of the molecule is CCN(CC1CC1)C(=O)NCC(C)(C)c1ccccc1C. The number of urea groups is 1. The molecule has 2 rings (SSSR count). The van der Waals surface area contributed by atoms with E-state index < -0.39 is 0 Å². The minimum absolute atomic E-state index is 0.0556. The molecule has 3 nitrogen and oxygen atoms in total. The van der Waals surface area contributed by atoms with Gasteiger partial charge >= 0.3 is 6.03 Å². The molecule has 3 heteroatoms. The van der Waals surface area contributed by atoms with E-state index in [-0.39, 0.29) is 11.4 Å². The summed E-state index contributed by atoms with van der Waals surface area (Å²) in [4.78, 5) is 14.3. The van der Waals surface area contributed by atoms with Gasteiger partial charge in [-0.15, -0.1) is 0 Å². The van der Waals surface area contributed by atoms with Crippen LogP contribution in [0.4, 0.5) is 4.79 Å². The lowest BCUT2D eigenvalue weighted by atomic mass is 9.82. The van der Waals surface area contributed by atoms with Gasteiger partial charge in [-0.1, -0.05) is 38.1 Å². The molecule has 0 bridgehead atoms. The molecule has 0 saturated heterocycles. The van der Waals surface area contributed by atoms with Crippen LogP contribution < -0.4 is 5.32 Å². The molecule has 21 heavy (non-hydrogen) atoms. The van der Waals surface area contributed by atoms with Gasteiger partial charge in [0, 0.05) is 25.0 Å². The number of amides is 2. The maximum atomic E-state index is 12.3. The molecule has 0 unspecified atom stereocenters. The minimum atomic E-state index is -0.0556. The molecule has 1 fully saturated rings. The first-order valence-corrected chi connectivity index (χ1v) is 8.03. The fourth-order valence-corrected chi connectivity index (χ4v) is 2.80. The van der Waals surface area contributed by atoms with Crippen LogP contribution in [-0.2, 0) is 5.41 Å².